The van der Waals surface area contributed by atoms with E-state index in [9.17, 15) is 0 Å². The van der Waals surface area contributed by atoms with Crippen molar-refractivity contribution >= 4 is 13.2 Å². The van der Waals surface area contributed by atoms with E-state index in [0.717, 1.165) is 11.1 Å². The number of hydrogen-bond acceptors (Lipinski definition) is 2. The van der Waals surface area contributed by atoms with Gasteiger partial charge in [0.15, 0.2) is 0 Å². The molecule has 1 rings (SSSR count). The molecule has 0 aliphatic heterocycles. The van der Waals surface area contributed by atoms with Gasteiger partial charge in [0.2, 0.25) is 0 Å². The second kappa shape index (κ2) is 4.09. The summed E-state index contributed by atoms with van der Waals surface area (Å²) in [5, 5.41) is 17.1. The van der Waals surface area contributed by atoms with Gasteiger partial charge in [-0.05, 0) is 12.5 Å². The molecule has 0 aliphatic rings. The molecule has 2 nitrogen and oxygen atoms in total. The van der Waals surface area contributed by atoms with Crippen molar-refractivity contribution in [3.05, 3.63) is 41.4 Å². The van der Waals surface area contributed by atoms with Crippen LogP contribution in [0, 0.1) is 6.92 Å². The molecule has 12 heavy (non-hydrogen) atoms. The Morgan fingerprint density at radius 3 is 2.67 bits per heavy atom. The van der Waals surface area contributed by atoms with E-state index in [0.29, 0.717) is 0 Å². The highest BCUT2D eigenvalue weighted by Gasteiger charge is 1.97. The quantitative estimate of drug-likeness (QED) is 0.637. The minimum absolute atomic E-state index is 0.975. The highest BCUT2D eigenvalue weighted by Crippen LogP contribution is 2.05. The molecule has 0 saturated carbocycles. The summed E-state index contributed by atoms with van der Waals surface area (Å²) in [6, 6.07) is 7.80. The van der Waals surface area contributed by atoms with Gasteiger partial charge in [0.1, 0.15) is 0 Å². The third-order valence-corrected chi connectivity index (χ3v) is 1.50. The first-order chi connectivity index (χ1) is 5.68. The van der Waals surface area contributed by atoms with Crippen LogP contribution >= 0.6 is 0 Å². The highest BCUT2D eigenvalue weighted by molar-refractivity contribution is 6.48. The topological polar surface area (TPSA) is 40.5 Å². The molecule has 0 aliphatic carbocycles. The van der Waals surface area contributed by atoms with Crippen LogP contribution in [0.25, 0.3) is 6.08 Å². The molecule has 3 heteroatoms. The van der Waals surface area contributed by atoms with E-state index < -0.39 is 7.12 Å². The summed E-state index contributed by atoms with van der Waals surface area (Å²) in [4.78, 5) is 0. The fourth-order valence-electron chi connectivity index (χ4n) is 0.971. The molecular formula is C9H11BO2. The number of rotatable bonds is 2. The molecule has 0 spiro atoms. The van der Waals surface area contributed by atoms with Crippen LogP contribution in [-0.4, -0.2) is 17.2 Å². The zero-order chi connectivity index (χ0) is 8.97. The van der Waals surface area contributed by atoms with Crippen LogP contribution in [0.5, 0.6) is 0 Å². The van der Waals surface area contributed by atoms with Crippen molar-refractivity contribution in [1.29, 1.82) is 0 Å². The van der Waals surface area contributed by atoms with Crippen molar-refractivity contribution in [2.24, 2.45) is 0 Å². The maximum absolute atomic E-state index is 8.55. The van der Waals surface area contributed by atoms with E-state index in [2.05, 4.69) is 0 Å². The Kier molecular flexibility index (Phi) is 3.08. The zero-order valence-electron chi connectivity index (χ0n) is 6.94. The molecule has 2 N–H and O–H groups in total. The van der Waals surface area contributed by atoms with Crippen molar-refractivity contribution in [3.8, 4) is 0 Å². The smallest absolute Gasteiger partial charge is 0.424 e. The lowest BCUT2D eigenvalue weighted by atomic mass is 9.90. The summed E-state index contributed by atoms with van der Waals surface area (Å²) >= 11 is 0. The third-order valence-electron chi connectivity index (χ3n) is 1.50. The second-order valence-electron chi connectivity index (χ2n) is 2.69. The predicted octanol–water partition coefficient (Wildman–Crippen LogP) is 1.02. The monoisotopic (exact) mass is 162 g/mol. The number of benzene rings is 1. The van der Waals surface area contributed by atoms with Gasteiger partial charge in [-0.3, -0.25) is 0 Å². The molecule has 0 aromatic heterocycles. The van der Waals surface area contributed by atoms with E-state index in [1.54, 1.807) is 6.08 Å². The van der Waals surface area contributed by atoms with Crippen LogP contribution in [0.4, 0.5) is 0 Å². The molecule has 0 atom stereocenters. The Balaban J connectivity index is 2.76. The highest BCUT2D eigenvalue weighted by atomic mass is 16.4. The minimum Gasteiger partial charge on any atom is -0.424 e. The maximum Gasteiger partial charge on any atom is 0.480 e. The van der Waals surface area contributed by atoms with Crippen molar-refractivity contribution in [2.75, 3.05) is 0 Å². The first-order valence-corrected chi connectivity index (χ1v) is 3.79. The molecule has 0 radical (unpaired) electrons. The first-order valence-electron chi connectivity index (χ1n) is 3.79. The zero-order valence-corrected chi connectivity index (χ0v) is 6.94. The van der Waals surface area contributed by atoms with E-state index in [4.69, 9.17) is 10.0 Å². The van der Waals surface area contributed by atoms with Gasteiger partial charge in [0, 0.05) is 0 Å². The van der Waals surface area contributed by atoms with Crippen LogP contribution < -0.4 is 0 Å². The lowest BCUT2D eigenvalue weighted by Gasteiger charge is -1.94. The van der Waals surface area contributed by atoms with Gasteiger partial charge in [-0.1, -0.05) is 41.9 Å². The molecular weight excluding hydrogens is 151 g/mol. The fraction of sp³-hybridized carbons (Fsp3) is 0.111. The summed E-state index contributed by atoms with van der Waals surface area (Å²) in [6.45, 7) is 1.99. The van der Waals surface area contributed by atoms with Gasteiger partial charge < -0.3 is 10.0 Å². The Morgan fingerprint density at radius 1 is 1.33 bits per heavy atom. The Morgan fingerprint density at radius 2 is 2.08 bits per heavy atom. The van der Waals surface area contributed by atoms with Crippen molar-refractivity contribution in [1.82, 2.24) is 0 Å². The van der Waals surface area contributed by atoms with Gasteiger partial charge >= 0.3 is 7.12 Å². The lowest BCUT2D eigenvalue weighted by molar-refractivity contribution is 0.424. The summed E-state index contributed by atoms with van der Waals surface area (Å²) < 4.78 is 0. The van der Waals surface area contributed by atoms with Crippen LogP contribution in [0.1, 0.15) is 11.1 Å². The standard InChI is InChI=1S/C9H11BO2/c1-8-3-2-4-9(7-8)5-6-10(11)12/h2-7,11-12H,1H3. The molecule has 0 unspecified atom stereocenters. The number of aryl methyl sites for hydroxylation is 1. The molecule has 62 valence electrons. The van der Waals surface area contributed by atoms with Gasteiger partial charge in [0.25, 0.3) is 0 Å². The fourth-order valence-corrected chi connectivity index (χ4v) is 0.971. The third kappa shape index (κ3) is 2.90. The van der Waals surface area contributed by atoms with Crippen molar-refractivity contribution < 1.29 is 10.0 Å². The normalized spacial score (nSPS) is 10.6. The molecule has 0 fully saturated rings. The summed E-state index contributed by atoms with van der Waals surface area (Å²) in [7, 11) is -1.37. The first kappa shape index (κ1) is 9.04. The molecule has 0 saturated heterocycles. The average Bonchev–Trinajstić information content (AvgIpc) is 2.01. The second-order valence-corrected chi connectivity index (χ2v) is 2.69. The molecule has 0 bridgehead atoms. The van der Waals surface area contributed by atoms with Gasteiger partial charge in [-0.15, -0.1) is 0 Å². The Bertz CT molecular complexity index is 282. The SMILES string of the molecule is Cc1cccc(C=CB(O)O)c1. The summed E-state index contributed by atoms with van der Waals surface area (Å²) in [5.74, 6) is 1.33. The molecule has 0 heterocycles. The van der Waals surface area contributed by atoms with E-state index in [1.807, 2.05) is 31.2 Å². The van der Waals surface area contributed by atoms with Crippen molar-refractivity contribution in [2.45, 2.75) is 6.92 Å². The summed E-state index contributed by atoms with van der Waals surface area (Å²) in [6.07, 6.45) is 1.68. The average molecular weight is 162 g/mol. The predicted molar refractivity (Wildman–Crippen MR) is 50.4 cm³/mol. The van der Waals surface area contributed by atoms with Crippen LogP contribution in [0.2, 0.25) is 0 Å². The molecule has 0 amide bonds. The number of hydrogen-bond donors (Lipinski definition) is 2. The van der Waals surface area contributed by atoms with E-state index in [-0.39, 0.29) is 0 Å². The van der Waals surface area contributed by atoms with E-state index >= 15 is 0 Å². The van der Waals surface area contributed by atoms with E-state index in [1.165, 1.54) is 5.98 Å². The van der Waals surface area contributed by atoms with Gasteiger partial charge in [0.05, 0.1) is 0 Å². The van der Waals surface area contributed by atoms with Crippen LogP contribution in [0.15, 0.2) is 30.2 Å². The van der Waals surface area contributed by atoms with Gasteiger partial charge in [-0.2, -0.15) is 0 Å². The van der Waals surface area contributed by atoms with Crippen molar-refractivity contribution in [3.63, 3.8) is 0 Å². The van der Waals surface area contributed by atoms with Gasteiger partial charge in [-0.25, -0.2) is 0 Å². The summed E-state index contributed by atoms with van der Waals surface area (Å²) in [5.41, 5.74) is 2.13. The Labute approximate surface area is 72.3 Å². The maximum atomic E-state index is 8.55. The molecule has 1 aromatic carbocycles. The lowest BCUT2D eigenvalue weighted by Crippen LogP contribution is -2.05. The largest absolute Gasteiger partial charge is 0.480 e. The minimum atomic E-state index is -1.37. The van der Waals surface area contributed by atoms with Crippen LogP contribution in [-0.2, 0) is 0 Å². The Hall–Kier alpha value is -1.06. The molecule has 1 aromatic rings. The van der Waals surface area contributed by atoms with Crippen LogP contribution in [0.3, 0.4) is 0 Å².